The van der Waals surface area contributed by atoms with E-state index in [2.05, 4.69) is 47.3 Å². The molecular weight excluding hydrogens is 474 g/mol. The Labute approximate surface area is 222 Å². The first-order chi connectivity index (χ1) is 18.2. The maximum Gasteiger partial charge on any atom is 0.225 e. The molecule has 2 unspecified atom stereocenters. The van der Waals surface area contributed by atoms with Crippen LogP contribution in [0.4, 0.5) is 0 Å². The highest BCUT2D eigenvalue weighted by Crippen LogP contribution is 2.33. The number of hydrogen-bond acceptors (Lipinski definition) is 5. The average molecular weight is 506 g/mol. The Morgan fingerprint density at radius 2 is 1.76 bits per heavy atom. The number of aliphatic hydroxyl groups is 1. The van der Waals surface area contributed by atoms with Gasteiger partial charge in [0.15, 0.2) is 5.60 Å². The summed E-state index contributed by atoms with van der Waals surface area (Å²) in [6, 6.07) is 25.3. The number of furan rings is 1. The van der Waals surface area contributed by atoms with Gasteiger partial charge in [0.25, 0.3) is 0 Å². The lowest BCUT2D eigenvalue weighted by Gasteiger charge is -2.22. The van der Waals surface area contributed by atoms with Gasteiger partial charge in [0.1, 0.15) is 17.7 Å². The summed E-state index contributed by atoms with van der Waals surface area (Å²) in [5, 5.41) is 15.3. The number of nitrogens with zero attached hydrogens (tertiary/aromatic N) is 2. The van der Waals surface area contributed by atoms with E-state index in [0.29, 0.717) is 17.0 Å². The molecule has 38 heavy (non-hydrogen) atoms. The molecule has 0 spiro atoms. The van der Waals surface area contributed by atoms with Crippen LogP contribution in [0.5, 0.6) is 0 Å². The molecule has 0 saturated carbocycles. The highest BCUT2D eigenvalue weighted by atomic mass is 16.4. The predicted octanol–water partition coefficient (Wildman–Crippen LogP) is 5.85. The quantitative estimate of drug-likeness (QED) is 0.290. The highest BCUT2D eigenvalue weighted by Gasteiger charge is 2.31. The zero-order valence-corrected chi connectivity index (χ0v) is 22.0. The number of carbonyl (C=O) groups excluding carboxylic acids is 1. The van der Waals surface area contributed by atoms with E-state index in [1.165, 1.54) is 11.9 Å². The summed E-state index contributed by atoms with van der Waals surface area (Å²) in [7, 11) is 0. The average Bonchev–Trinajstić information content (AvgIpc) is 3.33. The van der Waals surface area contributed by atoms with E-state index in [0.717, 1.165) is 33.3 Å². The van der Waals surface area contributed by atoms with Crippen molar-refractivity contribution in [2.45, 2.75) is 45.8 Å². The van der Waals surface area contributed by atoms with Gasteiger partial charge in [0.05, 0.1) is 18.2 Å². The fraction of sp³-hybridized carbons (Fsp3) is 0.219. The number of fused-ring (bicyclic) bond motifs is 1. The van der Waals surface area contributed by atoms with Crippen molar-refractivity contribution in [1.29, 1.82) is 0 Å². The van der Waals surface area contributed by atoms with Crippen molar-refractivity contribution >= 4 is 16.9 Å². The van der Waals surface area contributed by atoms with Gasteiger partial charge >= 0.3 is 0 Å². The van der Waals surface area contributed by atoms with Crippen LogP contribution >= 0.6 is 0 Å². The molecule has 3 aromatic carbocycles. The summed E-state index contributed by atoms with van der Waals surface area (Å²) < 4.78 is 5.98. The number of benzene rings is 3. The zero-order valence-electron chi connectivity index (χ0n) is 22.0. The second-order valence-corrected chi connectivity index (χ2v) is 10.0. The molecule has 0 aliphatic heterocycles. The maximum atomic E-state index is 13.3. The van der Waals surface area contributed by atoms with Crippen molar-refractivity contribution in [2.75, 3.05) is 0 Å². The van der Waals surface area contributed by atoms with Crippen molar-refractivity contribution in [3.05, 3.63) is 130 Å². The molecule has 0 aliphatic carbocycles. The summed E-state index contributed by atoms with van der Waals surface area (Å²) >= 11 is 0. The van der Waals surface area contributed by atoms with E-state index in [-0.39, 0.29) is 18.4 Å². The molecule has 0 radical (unpaired) electrons. The van der Waals surface area contributed by atoms with Crippen LogP contribution in [0.15, 0.2) is 89.6 Å². The molecule has 5 rings (SSSR count). The summed E-state index contributed by atoms with van der Waals surface area (Å²) in [6.07, 6.45) is 1.64. The lowest BCUT2D eigenvalue weighted by Crippen LogP contribution is -2.31. The summed E-state index contributed by atoms with van der Waals surface area (Å²) in [5.74, 6) is 0.302. The number of hydrogen-bond donors (Lipinski definition) is 2. The SMILES string of the molecule is Cc1ccc(C(NC(=O)Cc2ccc3oc(C(C)(O)c4cc(C)ncn4)cc3c2)c2ccccc2)c(C)c1. The largest absolute Gasteiger partial charge is 0.458 e. The monoisotopic (exact) mass is 505 g/mol. The third-order valence-corrected chi connectivity index (χ3v) is 6.90. The Morgan fingerprint density at radius 3 is 2.50 bits per heavy atom. The van der Waals surface area contributed by atoms with Gasteiger partial charge in [-0.05, 0) is 74.2 Å². The molecule has 0 aliphatic rings. The molecule has 6 heteroatoms. The van der Waals surface area contributed by atoms with E-state index in [4.69, 9.17) is 4.42 Å². The molecular formula is C32H31N3O3. The first-order valence-corrected chi connectivity index (χ1v) is 12.7. The van der Waals surface area contributed by atoms with Gasteiger partial charge in [-0.2, -0.15) is 0 Å². The van der Waals surface area contributed by atoms with Gasteiger partial charge in [-0.3, -0.25) is 4.79 Å². The van der Waals surface area contributed by atoms with Gasteiger partial charge < -0.3 is 14.8 Å². The van der Waals surface area contributed by atoms with Gasteiger partial charge in [-0.1, -0.05) is 60.2 Å². The van der Waals surface area contributed by atoms with Crippen LogP contribution in [-0.2, 0) is 16.8 Å². The Balaban J connectivity index is 1.39. The van der Waals surface area contributed by atoms with Crippen LogP contribution in [0.2, 0.25) is 0 Å². The summed E-state index contributed by atoms with van der Waals surface area (Å²) in [6.45, 7) is 7.64. The van der Waals surface area contributed by atoms with Crippen LogP contribution in [0, 0.1) is 20.8 Å². The third-order valence-electron chi connectivity index (χ3n) is 6.90. The molecule has 2 heterocycles. The van der Waals surface area contributed by atoms with Gasteiger partial charge in [0.2, 0.25) is 5.91 Å². The Morgan fingerprint density at radius 1 is 0.974 bits per heavy atom. The van der Waals surface area contributed by atoms with Crippen molar-refractivity contribution in [1.82, 2.24) is 15.3 Å². The van der Waals surface area contributed by atoms with E-state index >= 15 is 0 Å². The molecule has 0 bridgehead atoms. The molecule has 1 amide bonds. The number of aromatic nitrogens is 2. The van der Waals surface area contributed by atoms with Crippen LogP contribution in [0.1, 0.15) is 57.9 Å². The molecule has 192 valence electrons. The van der Waals surface area contributed by atoms with Crippen LogP contribution in [0.3, 0.4) is 0 Å². The second kappa shape index (κ2) is 10.2. The topological polar surface area (TPSA) is 88.2 Å². The minimum Gasteiger partial charge on any atom is -0.458 e. The number of carbonyl (C=O) groups is 1. The van der Waals surface area contributed by atoms with Crippen LogP contribution < -0.4 is 5.32 Å². The van der Waals surface area contributed by atoms with Crippen molar-refractivity contribution in [2.24, 2.45) is 0 Å². The number of amides is 1. The Bertz CT molecular complexity index is 1610. The second-order valence-electron chi connectivity index (χ2n) is 10.0. The zero-order chi connectivity index (χ0) is 26.9. The maximum absolute atomic E-state index is 13.3. The van der Waals surface area contributed by atoms with E-state index in [1.807, 2.05) is 55.5 Å². The lowest BCUT2D eigenvalue weighted by atomic mass is 9.93. The van der Waals surface area contributed by atoms with Gasteiger partial charge in [-0.25, -0.2) is 9.97 Å². The smallest absolute Gasteiger partial charge is 0.225 e. The van der Waals surface area contributed by atoms with Crippen LogP contribution in [-0.4, -0.2) is 21.0 Å². The molecule has 5 aromatic rings. The normalized spacial score (nSPS) is 13.7. The van der Waals surface area contributed by atoms with Crippen molar-refractivity contribution < 1.29 is 14.3 Å². The molecule has 2 atom stereocenters. The van der Waals surface area contributed by atoms with E-state index in [9.17, 15) is 9.90 Å². The van der Waals surface area contributed by atoms with E-state index in [1.54, 1.807) is 19.1 Å². The number of aryl methyl sites for hydroxylation is 3. The molecule has 0 saturated heterocycles. The predicted molar refractivity (Wildman–Crippen MR) is 148 cm³/mol. The highest BCUT2D eigenvalue weighted by molar-refractivity contribution is 5.83. The molecule has 0 fully saturated rings. The molecule has 2 aromatic heterocycles. The number of rotatable bonds is 7. The molecule has 2 N–H and O–H groups in total. The Hall–Kier alpha value is -4.29. The summed E-state index contributed by atoms with van der Waals surface area (Å²) in [4.78, 5) is 21.6. The van der Waals surface area contributed by atoms with Gasteiger partial charge in [0, 0.05) is 11.1 Å². The first-order valence-electron chi connectivity index (χ1n) is 12.7. The Kier molecular flexibility index (Phi) is 6.83. The fourth-order valence-electron chi connectivity index (χ4n) is 4.82. The lowest BCUT2D eigenvalue weighted by molar-refractivity contribution is -0.120. The number of nitrogens with one attached hydrogen (secondary N) is 1. The van der Waals surface area contributed by atoms with E-state index < -0.39 is 5.60 Å². The summed E-state index contributed by atoms with van der Waals surface area (Å²) in [5.41, 5.74) is 5.72. The fourth-order valence-corrected chi connectivity index (χ4v) is 4.82. The van der Waals surface area contributed by atoms with Crippen molar-refractivity contribution in [3.8, 4) is 0 Å². The minimum absolute atomic E-state index is 0.0784. The first kappa shape index (κ1) is 25.4. The van der Waals surface area contributed by atoms with Crippen molar-refractivity contribution in [3.63, 3.8) is 0 Å². The van der Waals surface area contributed by atoms with Gasteiger partial charge in [-0.15, -0.1) is 0 Å². The molecule has 6 nitrogen and oxygen atoms in total. The minimum atomic E-state index is -1.42. The third kappa shape index (κ3) is 5.22. The standard InChI is InChI=1S/C32H31N3O3/c1-20-10-12-26(21(2)14-20)31(24-8-6-5-7-9-24)35-30(36)17-23-11-13-27-25(16-23)18-29(38-27)32(4,37)28-15-22(3)33-19-34-28/h5-16,18-19,31,37H,17H2,1-4H3,(H,35,36). The van der Waals surface area contributed by atoms with Crippen LogP contribution in [0.25, 0.3) is 11.0 Å².